The number of rotatable bonds is 0. The van der Waals surface area contributed by atoms with E-state index >= 15 is 0 Å². The van der Waals surface area contributed by atoms with Gasteiger partial charge in [-0.2, -0.15) is 0 Å². The molecule has 1 aliphatic carbocycles. The van der Waals surface area contributed by atoms with E-state index in [1.54, 1.807) is 26.8 Å². The molecule has 0 aromatic rings. The lowest BCUT2D eigenvalue weighted by Crippen LogP contribution is -2.30. The van der Waals surface area contributed by atoms with Crippen molar-refractivity contribution in [3.63, 3.8) is 0 Å². The highest BCUT2D eigenvalue weighted by atomic mass is 16.3. The molecule has 1 unspecified atom stereocenters. The number of hydrogen-bond acceptors (Lipinski definition) is 2. The van der Waals surface area contributed by atoms with Crippen molar-refractivity contribution >= 4 is 5.78 Å². The van der Waals surface area contributed by atoms with Crippen molar-refractivity contribution in [2.75, 3.05) is 0 Å². The van der Waals surface area contributed by atoms with E-state index in [0.29, 0.717) is 5.57 Å². The van der Waals surface area contributed by atoms with Gasteiger partial charge in [0.1, 0.15) is 0 Å². The molecule has 2 nitrogen and oxygen atoms in total. The Hall–Kier alpha value is -0.630. The molecule has 1 atom stereocenters. The topological polar surface area (TPSA) is 37.3 Å². The lowest BCUT2D eigenvalue weighted by atomic mass is 9.86. The number of allylic oxidation sites excluding steroid dienone is 1. The molecule has 56 valence electrons. The fourth-order valence-electron chi connectivity index (χ4n) is 1.16. The molecule has 0 bridgehead atoms. The van der Waals surface area contributed by atoms with Crippen molar-refractivity contribution in [1.82, 2.24) is 0 Å². The molecule has 0 aromatic heterocycles. The Morgan fingerprint density at radius 1 is 1.60 bits per heavy atom. The van der Waals surface area contributed by atoms with Gasteiger partial charge in [-0.15, -0.1) is 0 Å². The summed E-state index contributed by atoms with van der Waals surface area (Å²) in [6.07, 6.45) is 1.02. The van der Waals surface area contributed by atoms with Gasteiger partial charge in [-0.3, -0.25) is 4.79 Å². The van der Waals surface area contributed by atoms with Gasteiger partial charge in [-0.25, -0.2) is 0 Å². The molecule has 10 heavy (non-hydrogen) atoms. The highest BCUT2D eigenvalue weighted by Crippen LogP contribution is 2.32. The number of Topliss-reactive ketones (excluding diaryl/α,β-unsaturated/α-hetero) is 1. The Kier molecular flexibility index (Phi) is 1.44. The third kappa shape index (κ3) is 0.797. The van der Waals surface area contributed by atoms with E-state index in [1.165, 1.54) is 0 Å². The summed E-state index contributed by atoms with van der Waals surface area (Å²) >= 11 is 0. The fraction of sp³-hybridized carbons (Fsp3) is 0.625. The Labute approximate surface area is 60.6 Å². The van der Waals surface area contributed by atoms with Crippen molar-refractivity contribution < 1.29 is 9.90 Å². The van der Waals surface area contributed by atoms with Crippen LogP contribution >= 0.6 is 0 Å². The van der Waals surface area contributed by atoms with Gasteiger partial charge in [0.25, 0.3) is 0 Å². The Bertz CT molecular complexity index is 201. The van der Waals surface area contributed by atoms with Crippen molar-refractivity contribution in [2.24, 2.45) is 5.41 Å². The smallest absolute Gasteiger partial charge is 0.166 e. The third-order valence-corrected chi connectivity index (χ3v) is 2.09. The van der Waals surface area contributed by atoms with Gasteiger partial charge in [0.15, 0.2) is 5.78 Å². The second-order valence-corrected chi connectivity index (χ2v) is 3.35. The number of carbonyl (C=O) groups excluding carboxylic acids is 1. The first-order chi connectivity index (χ1) is 4.46. The number of ketones is 1. The van der Waals surface area contributed by atoms with Crippen molar-refractivity contribution in [2.45, 2.75) is 26.9 Å². The summed E-state index contributed by atoms with van der Waals surface area (Å²) in [6.45, 7) is 5.25. The lowest BCUT2D eigenvalue weighted by Gasteiger charge is -2.19. The van der Waals surface area contributed by atoms with Crippen LogP contribution in [0.25, 0.3) is 0 Å². The first kappa shape index (κ1) is 7.48. The van der Waals surface area contributed by atoms with Gasteiger partial charge in [-0.05, 0) is 32.4 Å². The number of carbonyl (C=O) groups is 1. The SMILES string of the molecule is CC1=CC(O)C(C)(C)C1=O. The maximum atomic E-state index is 11.2. The van der Waals surface area contributed by atoms with E-state index in [-0.39, 0.29) is 5.78 Å². The van der Waals surface area contributed by atoms with E-state index in [4.69, 9.17) is 0 Å². The van der Waals surface area contributed by atoms with E-state index in [0.717, 1.165) is 0 Å². The maximum absolute atomic E-state index is 11.2. The van der Waals surface area contributed by atoms with Crippen LogP contribution in [0, 0.1) is 5.41 Å². The third-order valence-electron chi connectivity index (χ3n) is 2.09. The first-order valence-electron chi connectivity index (χ1n) is 3.37. The summed E-state index contributed by atoms with van der Waals surface area (Å²) in [4.78, 5) is 11.2. The predicted molar refractivity (Wildman–Crippen MR) is 38.6 cm³/mol. The molecular weight excluding hydrogens is 128 g/mol. The normalized spacial score (nSPS) is 30.6. The summed E-state index contributed by atoms with van der Waals surface area (Å²) in [5.74, 6) is 0.0556. The minimum atomic E-state index is -0.597. The number of hydrogen-bond donors (Lipinski definition) is 1. The zero-order chi connectivity index (χ0) is 7.94. The average Bonchev–Trinajstić information content (AvgIpc) is 1.97. The molecule has 0 saturated heterocycles. The standard InChI is InChI=1S/C8H12O2/c1-5-4-6(9)8(2,3)7(5)10/h4,6,9H,1-3H3. The molecule has 2 heteroatoms. The summed E-state index contributed by atoms with van der Waals surface area (Å²) in [5.41, 5.74) is 0.0851. The molecule has 0 heterocycles. The largest absolute Gasteiger partial charge is 0.388 e. The Morgan fingerprint density at radius 2 is 2.10 bits per heavy atom. The van der Waals surface area contributed by atoms with Crippen LogP contribution in [0.2, 0.25) is 0 Å². The van der Waals surface area contributed by atoms with Gasteiger partial charge in [0.05, 0.1) is 11.5 Å². The van der Waals surface area contributed by atoms with Gasteiger partial charge in [-0.1, -0.05) is 0 Å². The Balaban J connectivity index is 2.98. The molecule has 1 rings (SSSR count). The molecular formula is C8H12O2. The molecule has 0 amide bonds. The lowest BCUT2D eigenvalue weighted by molar-refractivity contribution is -0.125. The monoisotopic (exact) mass is 140 g/mol. The van der Waals surface area contributed by atoms with E-state index < -0.39 is 11.5 Å². The van der Waals surface area contributed by atoms with Crippen LogP contribution < -0.4 is 0 Å². The Morgan fingerprint density at radius 3 is 2.20 bits per heavy atom. The molecule has 0 saturated carbocycles. The molecule has 0 aliphatic heterocycles. The van der Waals surface area contributed by atoms with Crippen molar-refractivity contribution in [3.8, 4) is 0 Å². The average molecular weight is 140 g/mol. The van der Waals surface area contributed by atoms with Crippen molar-refractivity contribution in [1.29, 1.82) is 0 Å². The van der Waals surface area contributed by atoms with Gasteiger partial charge < -0.3 is 5.11 Å². The summed E-state index contributed by atoms with van der Waals surface area (Å²) in [5, 5.41) is 9.30. The van der Waals surface area contributed by atoms with Gasteiger partial charge in [0, 0.05) is 0 Å². The predicted octanol–water partition coefficient (Wildman–Crippen LogP) is 0.903. The molecule has 0 fully saturated rings. The van der Waals surface area contributed by atoms with E-state index in [2.05, 4.69) is 0 Å². The highest BCUT2D eigenvalue weighted by molar-refractivity contribution is 6.02. The molecule has 0 spiro atoms. The zero-order valence-electron chi connectivity index (χ0n) is 6.51. The van der Waals surface area contributed by atoms with Crippen LogP contribution in [-0.2, 0) is 4.79 Å². The van der Waals surface area contributed by atoms with E-state index in [9.17, 15) is 9.90 Å². The molecule has 0 radical (unpaired) electrons. The van der Waals surface area contributed by atoms with Crippen LogP contribution in [0.3, 0.4) is 0 Å². The van der Waals surface area contributed by atoms with Crippen LogP contribution in [0.15, 0.2) is 11.6 Å². The molecule has 1 N–H and O–H groups in total. The van der Waals surface area contributed by atoms with Crippen LogP contribution in [0.1, 0.15) is 20.8 Å². The summed E-state index contributed by atoms with van der Waals surface area (Å²) in [7, 11) is 0. The second-order valence-electron chi connectivity index (χ2n) is 3.35. The quantitative estimate of drug-likeness (QED) is 0.543. The highest BCUT2D eigenvalue weighted by Gasteiger charge is 2.40. The zero-order valence-corrected chi connectivity index (χ0v) is 6.51. The fourth-order valence-corrected chi connectivity index (χ4v) is 1.16. The van der Waals surface area contributed by atoms with Crippen LogP contribution in [-0.4, -0.2) is 17.0 Å². The maximum Gasteiger partial charge on any atom is 0.166 e. The van der Waals surface area contributed by atoms with Gasteiger partial charge >= 0.3 is 0 Å². The van der Waals surface area contributed by atoms with Crippen LogP contribution in [0.5, 0.6) is 0 Å². The second kappa shape index (κ2) is 1.92. The molecule has 1 aliphatic rings. The number of aliphatic hydroxyl groups excluding tert-OH is 1. The minimum absolute atomic E-state index is 0.0556. The first-order valence-corrected chi connectivity index (χ1v) is 3.37. The van der Waals surface area contributed by atoms with Crippen molar-refractivity contribution in [3.05, 3.63) is 11.6 Å². The minimum Gasteiger partial charge on any atom is -0.388 e. The summed E-state index contributed by atoms with van der Waals surface area (Å²) < 4.78 is 0. The van der Waals surface area contributed by atoms with Gasteiger partial charge in [0.2, 0.25) is 0 Å². The molecule has 0 aromatic carbocycles. The van der Waals surface area contributed by atoms with Crippen LogP contribution in [0.4, 0.5) is 0 Å². The number of aliphatic hydroxyl groups is 1. The summed E-state index contributed by atoms with van der Waals surface area (Å²) in [6, 6.07) is 0. The van der Waals surface area contributed by atoms with E-state index in [1.807, 2.05) is 0 Å².